The molecule has 0 aliphatic carbocycles. The van der Waals surface area contributed by atoms with Gasteiger partial charge in [0.25, 0.3) is 0 Å². The van der Waals surface area contributed by atoms with E-state index in [9.17, 15) is 20.1 Å². The number of nitrogens with one attached hydrogen (secondary N) is 1. The Kier molecular flexibility index (Phi) is 6.91. The molecular formula is C17H23NO7. The lowest BCUT2D eigenvalue weighted by atomic mass is 9.99. The number of carbonyl (C=O) groups is 1. The standard InChI is InChI=1S/C17H23NO7/c1-23-11-6-4-3-5-10(11)7-8-13(19)18-9-12-14(20)15(21)16(22)17(24-2)25-12/h3-8,12,14-17,20-22H,9H2,1-2H3,(H,18,19)/t12-,14-,15+,16+,17+/m1/s1. The molecule has 1 saturated heterocycles. The first-order valence-electron chi connectivity index (χ1n) is 7.79. The molecule has 0 saturated carbocycles. The molecule has 5 atom stereocenters. The molecule has 8 nitrogen and oxygen atoms in total. The summed E-state index contributed by atoms with van der Waals surface area (Å²) in [7, 11) is 2.85. The lowest BCUT2D eigenvalue weighted by Crippen LogP contribution is -2.60. The Balaban J connectivity index is 1.92. The highest BCUT2D eigenvalue weighted by molar-refractivity contribution is 5.92. The Morgan fingerprint density at radius 1 is 1.20 bits per heavy atom. The summed E-state index contributed by atoms with van der Waals surface area (Å²) < 4.78 is 15.4. The fraction of sp³-hybridized carbons (Fsp3) is 0.471. The van der Waals surface area contributed by atoms with E-state index in [0.717, 1.165) is 5.56 Å². The molecule has 4 N–H and O–H groups in total. The van der Waals surface area contributed by atoms with Crippen LogP contribution in [0.5, 0.6) is 5.75 Å². The smallest absolute Gasteiger partial charge is 0.244 e. The third kappa shape index (κ3) is 4.77. The van der Waals surface area contributed by atoms with Gasteiger partial charge in [-0.1, -0.05) is 18.2 Å². The summed E-state index contributed by atoms with van der Waals surface area (Å²) in [5.41, 5.74) is 0.743. The molecule has 1 amide bonds. The van der Waals surface area contributed by atoms with E-state index in [1.807, 2.05) is 12.1 Å². The van der Waals surface area contributed by atoms with Crippen molar-refractivity contribution in [1.82, 2.24) is 5.32 Å². The molecule has 1 heterocycles. The molecular weight excluding hydrogens is 330 g/mol. The number of para-hydroxylation sites is 1. The van der Waals surface area contributed by atoms with Gasteiger partial charge in [-0.25, -0.2) is 0 Å². The van der Waals surface area contributed by atoms with E-state index in [4.69, 9.17) is 14.2 Å². The second kappa shape index (κ2) is 8.93. The second-order valence-corrected chi connectivity index (χ2v) is 5.57. The molecule has 0 unspecified atom stereocenters. The van der Waals surface area contributed by atoms with Gasteiger partial charge in [0.15, 0.2) is 6.29 Å². The van der Waals surface area contributed by atoms with Crippen molar-refractivity contribution in [2.75, 3.05) is 20.8 Å². The summed E-state index contributed by atoms with van der Waals surface area (Å²) in [6.07, 6.45) is -3.20. The molecule has 0 bridgehead atoms. The number of carbonyl (C=O) groups excluding carboxylic acids is 1. The lowest BCUT2D eigenvalue weighted by molar-refractivity contribution is -0.288. The van der Waals surface area contributed by atoms with E-state index in [2.05, 4.69) is 5.32 Å². The average Bonchev–Trinajstić information content (AvgIpc) is 2.64. The fourth-order valence-corrected chi connectivity index (χ4v) is 2.51. The number of amides is 1. The Morgan fingerprint density at radius 3 is 2.60 bits per heavy atom. The topological polar surface area (TPSA) is 117 Å². The maximum absolute atomic E-state index is 11.9. The van der Waals surface area contributed by atoms with E-state index in [1.165, 1.54) is 13.2 Å². The Morgan fingerprint density at radius 2 is 1.92 bits per heavy atom. The Hall–Kier alpha value is -1.97. The monoisotopic (exact) mass is 353 g/mol. The molecule has 1 aromatic carbocycles. The predicted octanol–water partition coefficient (Wildman–Crippen LogP) is -0.721. The summed E-state index contributed by atoms with van der Waals surface area (Å²) in [5, 5.41) is 32.0. The zero-order valence-electron chi connectivity index (χ0n) is 14.0. The van der Waals surface area contributed by atoms with Crippen molar-refractivity contribution in [3.63, 3.8) is 0 Å². The summed E-state index contributed by atoms with van der Waals surface area (Å²) in [6.45, 7) is -0.0557. The van der Waals surface area contributed by atoms with Crippen LogP contribution in [0.1, 0.15) is 5.56 Å². The van der Waals surface area contributed by atoms with Crippen LogP contribution in [0.25, 0.3) is 6.08 Å². The van der Waals surface area contributed by atoms with E-state index < -0.39 is 36.6 Å². The number of hydrogen-bond donors (Lipinski definition) is 4. The summed E-state index contributed by atoms with van der Waals surface area (Å²) in [5.74, 6) is 0.230. The molecule has 1 aliphatic heterocycles. The number of rotatable bonds is 6. The van der Waals surface area contributed by atoms with Crippen LogP contribution in [0, 0.1) is 0 Å². The van der Waals surface area contributed by atoms with Gasteiger partial charge in [0.2, 0.25) is 5.91 Å². The number of aliphatic hydroxyl groups excluding tert-OH is 3. The highest BCUT2D eigenvalue weighted by atomic mass is 16.7. The zero-order chi connectivity index (χ0) is 18.4. The van der Waals surface area contributed by atoms with Crippen LogP contribution in [0.3, 0.4) is 0 Å². The van der Waals surface area contributed by atoms with Gasteiger partial charge in [-0.3, -0.25) is 4.79 Å². The number of benzene rings is 1. The van der Waals surface area contributed by atoms with Crippen LogP contribution in [-0.4, -0.2) is 72.7 Å². The lowest BCUT2D eigenvalue weighted by Gasteiger charge is -2.39. The first-order valence-corrected chi connectivity index (χ1v) is 7.79. The molecule has 2 rings (SSSR count). The summed E-state index contributed by atoms with van der Waals surface area (Å²) in [4.78, 5) is 11.9. The van der Waals surface area contributed by atoms with E-state index in [-0.39, 0.29) is 6.54 Å². The Labute approximate surface area is 145 Å². The van der Waals surface area contributed by atoms with E-state index >= 15 is 0 Å². The van der Waals surface area contributed by atoms with Gasteiger partial charge in [0.05, 0.1) is 7.11 Å². The molecule has 0 spiro atoms. The number of ether oxygens (including phenoxy) is 3. The largest absolute Gasteiger partial charge is 0.496 e. The minimum Gasteiger partial charge on any atom is -0.496 e. The summed E-state index contributed by atoms with van der Waals surface area (Å²) >= 11 is 0. The van der Waals surface area contributed by atoms with Crippen molar-refractivity contribution >= 4 is 12.0 Å². The maximum Gasteiger partial charge on any atom is 0.244 e. The van der Waals surface area contributed by atoms with Crippen molar-refractivity contribution < 1.29 is 34.3 Å². The van der Waals surface area contributed by atoms with Crippen LogP contribution in [0.4, 0.5) is 0 Å². The summed E-state index contributed by atoms with van der Waals surface area (Å²) in [6, 6.07) is 7.23. The molecule has 1 aromatic rings. The maximum atomic E-state index is 11.9. The van der Waals surface area contributed by atoms with Gasteiger partial charge >= 0.3 is 0 Å². The first-order chi connectivity index (χ1) is 12.0. The van der Waals surface area contributed by atoms with Gasteiger partial charge in [-0.05, 0) is 12.1 Å². The van der Waals surface area contributed by atoms with Crippen LogP contribution in [0.2, 0.25) is 0 Å². The third-order valence-electron chi connectivity index (χ3n) is 3.93. The molecule has 0 radical (unpaired) electrons. The minimum absolute atomic E-state index is 0.0557. The van der Waals surface area contributed by atoms with Crippen molar-refractivity contribution in [3.05, 3.63) is 35.9 Å². The molecule has 25 heavy (non-hydrogen) atoms. The van der Waals surface area contributed by atoms with Crippen molar-refractivity contribution in [1.29, 1.82) is 0 Å². The molecule has 0 aromatic heterocycles. The Bertz CT molecular complexity index is 604. The van der Waals surface area contributed by atoms with Crippen LogP contribution < -0.4 is 10.1 Å². The van der Waals surface area contributed by atoms with Crippen molar-refractivity contribution in [3.8, 4) is 5.75 Å². The number of methoxy groups -OCH3 is 2. The third-order valence-corrected chi connectivity index (χ3v) is 3.93. The average molecular weight is 353 g/mol. The van der Waals surface area contributed by atoms with Crippen molar-refractivity contribution in [2.45, 2.75) is 30.7 Å². The second-order valence-electron chi connectivity index (χ2n) is 5.57. The van der Waals surface area contributed by atoms with Crippen LogP contribution in [-0.2, 0) is 14.3 Å². The van der Waals surface area contributed by atoms with Crippen LogP contribution >= 0.6 is 0 Å². The highest BCUT2D eigenvalue weighted by Crippen LogP contribution is 2.21. The van der Waals surface area contributed by atoms with Gasteiger partial charge in [-0.2, -0.15) is 0 Å². The quantitative estimate of drug-likeness (QED) is 0.499. The highest BCUT2D eigenvalue weighted by Gasteiger charge is 2.43. The van der Waals surface area contributed by atoms with Crippen molar-refractivity contribution in [2.24, 2.45) is 0 Å². The normalized spacial score (nSPS) is 29.6. The van der Waals surface area contributed by atoms with E-state index in [0.29, 0.717) is 5.75 Å². The predicted molar refractivity (Wildman–Crippen MR) is 88.7 cm³/mol. The minimum atomic E-state index is -1.43. The number of hydrogen-bond acceptors (Lipinski definition) is 7. The van der Waals surface area contributed by atoms with Gasteiger partial charge in [0.1, 0.15) is 30.2 Å². The molecule has 8 heteroatoms. The number of aliphatic hydroxyl groups is 3. The first kappa shape index (κ1) is 19.4. The van der Waals surface area contributed by atoms with Gasteiger partial charge in [-0.15, -0.1) is 0 Å². The van der Waals surface area contributed by atoms with Gasteiger partial charge < -0.3 is 34.8 Å². The zero-order valence-corrected chi connectivity index (χ0v) is 14.0. The van der Waals surface area contributed by atoms with Crippen LogP contribution in [0.15, 0.2) is 30.3 Å². The van der Waals surface area contributed by atoms with Gasteiger partial charge in [0, 0.05) is 25.3 Å². The van der Waals surface area contributed by atoms with E-state index in [1.54, 1.807) is 25.3 Å². The molecule has 1 aliphatic rings. The SMILES string of the molecule is COc1ccccc1C=CC(=O)NC[C@H]1O[C@H](OC)[C@@H](O)[C@@H](O)[C@@H]1O. The molecule has 1 fully saturated rings. The molecule has 138 valence electrons. The fourth-order valence-electron chi connectivity index (χ4n) is 2.51.